The van der Waals surface area contributed by atoms with Gasteiger partial charge in [0, 0.05) is 25.6 Å². The Labute approximate surface area is 121 Å². The number of hydrogen-bond donors (Lipinski definition) is 3. The van der Waals surface area contributed by atoms with Crippen molar-refractivity contribution in [3.05, 3.63) is 23.8 Å². The molecule has 1 amide bonds. The van der Waals surface area contributed by atoms with Crippen molar-refractivity contribution < 1.29 is 22.0 Å². The number of nitrogens with two attached hydrogens (primary N) is 1. The van der Waals surface area contributed by atoms with Gasteiger partial charge in [-0.1, -0.05) is 6.92 Å². The number of carbonyl (C=O) groups excluding carboxylic acids is 1. The van der Waals surface area contributed by atoms with Gasteiger partial charge < -0.3 is 11.1 Å². The lowest BCUT2D eigenvalue weighted by Gasteiger charge is -2.09. The highest BCUT2D eigenvalue weighted by Gasteiger charge is 2.21. The molecule has 0 saturated heterocycles. The second kappa shape index (κ2) is 7.32. The molecule has 4 N–H and O–H groups in total. The predicted molar refractivity (Wildman–Crippen MR) is 73.9 cm³/mol. The van der Waals surface area contributed by atoms with Crippen LogP contribution in [-0.2, 0) is 14.8 Å². The fraction of sp³-hybridized carbons (Fsp3) is 0.417. The summed E-state index contributed by atoms with van der Waals surface area (Å²) in [5, 5.41) is 2.57. The van der Waals surface area contributed by atoms with Gasteiger partial charge in [-0.05, 0) is 12.5 Å². The van der Waals surface area contributed by atoms with Crippen molar-refractivity contribution in [1.82, 2.24) is 10.0 Å². The highest BCUT2D eigenvalue weighted by atomic mass is 32.2. The van der Waals surface area contributed by atoms with Gasteiger partial charge in [0.25, 0.3) is 0 Å². The molecule has 0 bridgehead atoms. The van der Waals surface area contributed by atoms with Gasteiger partial charge in [-0.3, -0.25) is 4.79 Å². The quantitative estimate of drug-likeness (QED) is 0.645. The average molecular weight is 321 g/mol. The normalized spacial score (nSPS) is 11.4. The number of benzene rings is 1. The first-order valence-corrected chi connectivity index (χ1v) is 7.77. The van der Waals surface area contributed by atoms with Crippen LogP contribution >= 0.6 is 0 Å². The molecule has 6 nitrogen and oxygen atoms in total. The summed E-state index contributed by atoms with van der Waals surface area (Å²) in [5.41, 5.74) is 4.75. The van der Waals surface area contributed by atoms with E-state index in [0.717, 1.165) is 6.42 Å². The van der Waals surface area contributed by atoms with Crippen molar-refractivity contribution in [2.45, 2.75) is 24.7 Å². The van der Waals surface area contributed by atoms with Crippen LogP contribution in [0.15, 0.2) is 17.0 Å². The zero-order valence-electron chi connectivity index (χ0n) is 11.4. The number of hydrogen-bond acceptors (Lipinski definition) is 4. The van der Waals surface area contributed by atoms with Gasteiger partial charge in [0.15, 0.2) is 0 Å². The van der Waals surface area contributed by atoms with Crippen molar-refractivity contribution in [1.29, 1.82) is 0 Å². The van der Waals surface area contributed by atoms with E-state index in [0.29, 0.717) is 18.7 Å². The van der Waals surface area contributed by atoms with Crippen LogP contribution in [0.25, 0.3) is 0 Å². The first kappa shape index (κ1) is 17.3. The number of rotatable bonds is 7. The summed E-state index contributed by atoms with van der Waals surface area (Å²) in [4.78, 5) is 10.5. The number of sulfonamides is 1. The van der Waals surface area contributed by atoms with Gasteiger partial charge in [-0.2, -0.15) is 0 Å². The smallest absolute Gasteiger partial charge is 0.243 e. The lowest BCUT2D eigenvalue weighted by molar-refractivity contribution is -0.120. The summed E-state index contributed by atoms with van der Waals surface area (Å²) >= 11 is 0. The fourth-order valence-corrected chi connectivity index (χ4v) is 2.60. The van der Waals surface area contributed by atoms with Crippen LogP contribution in [0.3, 0.4) is 0 Å². The molecule has 1 aromatic rings. The number of nitrogen functional groups attached to an aromatic ring is 1. The minimum atomic E-state index is -4.20. The molecule has 0 atom stereocenters. The summed E-state index contributed by atoms with van der Waals surface area (Å²) in [6, 6.07) is 1.10. The second-order valence-electron chi connectivity index (χ2n) is 4.30. The van der Waals surface area contributed by atoms with Gasteiger partial charge in [0.05, 0.1) is 5.69 Å². The molecule has 0 heterocycles. The maximum absolute atomic E-state index is 13.5. The third-order valence-electron chi connectivity index (χ3n) is 2.56. The summed E-state index contributed by atoms with van der Waals surface area (Å²) in [5.74, 6) is -2.60. The zero-order chi connectivity index (χ0) is 16.0. The molecule has 0 aliphatic carbocycles. The Morgan fingerprint density at radius 1 is 1.24 bits per heavy atom. The summed E-state index contributed by atoms with van der Waals surface area (Å²) in [6.45, 7) is 2.17. The standard InChI is InChI=1S/C12H17F2N3O3S/c1-2-4-16-12(18)3-5-17-21(19,20)11-7-10(15)8(13)6-9(11)14/h6-7,17H,2-5,15H2,1H3,(H,16,18). The Balaban J connectivity index is 2.70. The van der Waals surface area contributed by atoms with E-state index in [2.05, 4.69) is 10.0 Å². The van der Waals surface area contributed by atoms with Crippen LogP contribution in [0, 0.1) is 11.6 Å². The Hall–Kier alpha value is -1.74. The van der Waals surface area contributed by atoms with Crippen molar-refractivity contribution >= 4 is 21.6 Å². The van der Waals surface area contributed by atoms with Crippen LogP contribution in [0.5, 0.6) is 0 Å². The summed E-state index contributed by atoms with van der Waals surface area (Å²) < 4.78 is 52.2. The van der Waals surface area contributed by atoms with Crippen molar-refractivity contribution in [2.75, 3.05) is 18.8 Å². The van der Waals surface area contributed by atoms with E-state index in [-0.39, 0.29) is 18.9 Å². The van der Waals surface area contributed by atoms with E-state index in [1.165, 1.54) is 0 Å². The molecule has 0 saturated carbocycles. The summed E-state index contributed by atoms with van der Waals surface area (Å²) in [6.07, 6.45) is 0.676. The topological polar surface area (TPSA) is 101 Å². The highest BCUT2D eigenvalue weighted by Crippen LogP contribution is 2.20. The third kappa shape index (κ3) is 4.94. The minimum Gasteiger partial charge on any atom is -0.396 e. The SMILES string of the molecule is CCCNC(=O)CCNS(=O)(=O)c1cc(N)c(F)cc1F. The largest absolute Gasteiger partial charge is 0.396 e. The van der Waals surface area contributed by atoms with Gasteiger partial charge >= 0.3 is 0 Å². The number of nitrogens with one attached hydrogen (secondary N) is 2. The van der Waals surface area contributed by atoms with Gasteiger partial charge in [0.1, 0.15) is 16.5 Å². The first-order valence-electron chi connectivity index (χ1n) is 6.28. The second-order valence-corrected chi connectivity index (χ2v) is 6.04. The molecule has 0 aliphatic heterocycles. The lowest BCUT2D eigenvalue weighted by atomic mass is 10.3. The minimum absolute atomic E-state index is 0.0858. The van der Waals surface area contributed by atoms with Gasteiger partial charge in [0.2, 0.25) is 15.9 Å². The van der Waals surface area contributed by atoms with Crippen LogP contribution < -0.4 is 15.8 Å². The number of carbonyl (C=O) groups is 1. The fourth-order valence-electron chi connectivity index (χ4n) is 1.48. The Bertz CT molecular complexity index is 620. The molecule has 21 heavy (non-hydrogen) atoms. The molecule has 118 valence electrons. The van der Waals surface area contributed by atoms with E-state index in [1.54, 1.807) is 0 Å². The third-order valence-corrected chi connectivity index (χ3v) is 4.03. The molecule has 0 fully saturated rings. The molecule has 9 heteroatoms. The van der Waals surface area contributed by atoms with Gasteiger partial charge in [-0.25, -0.2) is 21.9 Å². The molecule has 0 aliphatic rings. The molecule has 0 radical (unpaired) electrons. The van der Waals surface area contributed by atoms with Crippen molar-refractivity contribution in [3.63, 3.8) is 0 Å². The molecular weight excluding hydrogens is 304 g/mol. The molecule has 0 aromatic heterocycles. The molecule has 1 aromatic carbocycles. The van der Waals surface area contributed by atoms with Crippen molar-refractivity contribution in [2.24, 2.45) is 0 Å². The first-order chi connectivity index (χ1) is 9.77. The lowest BCUT2D eigenvalue weighted by Crippen LogP contribution is -2.31. The molecule has 0 unspecified atom stereocenters. The van der Waals surface area contributed by atoms with E-state index >= 15 is 0 Å². The van der Waals surface area contributed by atoms with E-state index in [9.17, 15) is 22.0 Å². The number of halogens is 2. The average Bonchev–Trinajstić information content (AvgIpc) is 2.40. The molecule has 0 spiro atoms. The maximum Gasteiger partial charge on any atom is 0.243 e. The Morgan fingerprint density at radius 3 is 2.52 bits per heavy atom. The molecular formula is C12H17F2N3O3S. The van der Waals surface area contributed by atoms with Crippen LogP contribution in [0.1, 0.15) is 19.8 Å². The monoisotopic (exact) mass is 321 g/mol. The van der Waals surface area contributed by atoms with E-state index in [1.807, 2.05) is 6.92 Å². The zero-order valence-corrected chi connectivity index (χ0v) is 12.3. The number of anilines is 1. The Kier molecular flexibility index (Phi) is 6.03. The maximum atomic E-state index is 13.5. The molecule has 1 rings (SSSR count). The summed E-state index contributed by atoms with van der Waals surface area (Å²) in [7, 11) is -4.20. The predicted octanol–water partition coefficient (Wildman–Crippen LogP) is 0.742. The van der Waals surface area contributed by atoms with Crippen LogP contribution in [0.4, 0.5) is 14.5 Å². The Morgan fingerprint density at radius 2 is 1.90 bits per heavy atom. The van der Waals surface area contributed by atoms with Gasteiger partial charge in [-0.15, -0.1) is 0 Å². The van der Waals surface area contributed by atoms with Crippen molar-refractivity contribution in [3.8, 4) is 0 Å². The van der Waals surface area contributed by atoms with E-state index < -0.39 is 32.2 Å². The van der Waals surface area contributed by atoms with Crippen LogP contribution in [-0.4, -0.2) is 27.4 Å². The number of amides is 1. The highest BCUT2D eigenvalue weighted by molar-refractivity contribution is 7.89. The van der Waals surface area contributed by atoms with Crippen LogP contribution in [0.2, 0.25) is 0 Å². The van der Waals surface area contributed by atoms with E-state index in [4.69, 9.17) is 5.73 Å².